The van der Waals surface area contributed by atoms with Crippen LogP contribution in [0.5, 0.6) is 0 Å². The number of nitriles is 1. The molecule has 4 rings (SSSR count). The van der Waals surface area contributed by atoms with Crippen LogP contribution < -0.4 is 10.2 Å². The maximum absolute atomic E-state index is 14.5. The number of benzene rings is 2. The molecule has 2 aromatic rings. The monoisotopic (exact) mass is 685 g/mol. The fourth-order valence-electron chi connectivity index (χ4n) is 6.19. The number of halogens is 2. The van der Waals surface area contributed by atoms with Gasteiger partial charge in [-0.2, -0.15) is 5.26 Å². The first-order valence-corrected chi connectivity index (χ1v) is 16.0. The van der Waals surface area contributed by atoms with E-state index < -0.39 is 58.6 Å². The molecule has 0 radical (unpaired) electrons. The minimum Gasteiger partial charge on any atom is -0.458 e. The van der Waals surface area contributed by atoms with E-state index in [0.29, 0.717) is 11.1 Å². The van der Waals surface area contributed by atoms with Gasteiger partial charge in [0.25, 0.3) is 5.91 Å². The van der Waals surface area contributed by atoms with Gasteiger partial charge in [0, 0.05) is 36.1 Å². The number of anilines is 1. The number of ether oxygens (including phenoxy) is 2. The van der Waals surface area contributed by atoms with Crippen LogP contribution in [0.4, 0.5) is 10.5 Å². The first kappa shape index (κ1) is 36.2. The smallest absolute Gasteiger partial charge is 0.332 e. The highest BCUT2D eigenvalue weighted by Crippen LogP contribution is 2.46. The number of nitrogens with one attached hydrogen (secondary N) is 1. The fraction of sp³-hybridized carbons (Fsp3) is 0.500. The van der Waals surface area contributed by atoms with Crippen LogP contribution in [0, 0.1) is 11.3 Å². The molecular weight excluding hydrogens is 645 g/mol. The third kappa shape index (κ3) is 7.90. The van der Waals surface area contributed by atoms with Crippen molar-refractivity contribution < 1.29 is 28.7 Å². The highest BCUT2D eigenvalue weighted by atomic mass is 35.5. The van der Waals surface area contributed by atoms with Crippen molar-refractivity contribution in [3.63, 3.8) is 0 Å². The second-order valence-corrected chi connectivity index (χ2v) is 14.9. The molecule has 2 aliphatic rings. The molecule has 2 aromatic carbocycles. The number of hydrogen-bond donors (Lipinski definition) is 1. The molecule has 0 aliphatic carbocycles. The van der Waals surface area contributed by atoms with Gasteiger partial charge in [0.2, 0.25) is 5.91 Å². The lowest BCUT2D eigenvalue weighted by molar-refractivity contribution is -0.166. The summed E-state index contributed by atoms with van der Waals surface area (Å²) in [6, 6.07) is 11.7. The Balaban J connectivity index is 1.67. The number of rotatable bonds is 8. The lowest BCUT2D eigenvalue weighted by atomic mass is 9.80. The Labute approximate surface area is 285 Å². The highest BCUT2D eigenvalue weighted by Gasteiger charge is 2.64. The molecular formula is C34H41Cl2N5O6. The van der Waals surface area contributed by atoms with E-state index in [1.165, 1.54) is 23.1 Å². The molecule has 1 N–H and O–H groups in total. The van der Waals surface area contributed by atoms with Gasteiger partial charge < -0.3 is 19.7 Å². The van der Waals surface area contributed by atoms with Crippen molar-refractivity contribution in [1.29, 1.82) is 5.26 Å². The molecule has 11 nitrogen and oxygen atoms in total. The number of urea groups is 1. The third-order valence-electron chi connectivity index (χ3n) is 8.03. The van der Waals surface area contributed by atoms with Crippen LogP contribution in [-0.2, 0) is 23.9 Å². The summed E-state index contributed by atoms with van der Waals surface area (Å²) in [5, 5.41) is 12.7. The van der Waals surface area contributed by atoms with Crippen molar-refractivity contribution in [3.05, 3.63) is 63.6 Å². The molecule has 2 saturated heterocycles. The van der Waals surface area contributed by atoms with Crippen molar-refractivity contribution in [2.75, 3.05) is 31.6 Å². The largest absolute Gasteiger partial charge is 0.458 e. The predicted octanol–water partition coefficient (Wildman–Crippen LogP) is 5.13. The summed E-state index contributed by atoms with van der Waals surface area (Å²) in [5.74, 6) is -2.20. The van der Waals surface area contributed by atoms with E-state index in [1.807, 2.05) is 20.8 Å². The maximum atomic E-state index is 14.5. The summed E-state index contributed by atoms with van der Waals surface area (Å²) < 4.78 is 11.6. The van der Waals surface area contributed by atoms with Crippen molar-refractivity contribution >= 4 is 52.7 Å². The van der Waals surface area contributed by atoms with E-state index in [4.69, 9.17) is 32.7 Å². The lowest BCUT2D eigenvalue weighted by Gasteiger charge is -2.34. The molecule has 13 heteroatoms. The summed E-state index contributed by atoms with van der Waals surface area (Å²) >= 11 is 12.5. The summed E-state index contributed by atoms with van der Waals surface area (Å²) in [6.45, 7) is 12.5. The number of amides is 4. The Morgan fingerprint density at radius 2 is 1.64 bits per heavy atom. The Morgan fingerprint density at radius 3 is 2.17 bits per heavy atom. The normalized spacial score (nSPS) is 21.6. The number of hydrogen-bond acceptors (Lipinski definition) is 8. The number of carbonyl (C=O) groups is 4. The second-order valence-electron chi connectivity index (χ2n) is 14.0. The zero-order chi connectivity index (χ0) is 35.1. The van der Waals surface area contributed by atoms with Crippen LogP contribution in [-0.4, -0.2) is 89.2 Å². The molecule has 0 bridgehead atoms. The number of nitrogens with zero attached hydrogens (tertiary/aromatic N) is 4. The van der Waals surface area contributed by atoms with Gasteiger partial charge in [0.05, 0.1) is 35.6 Å². The van der Waals surface area contributed by atoms with E-state index in [0.717, 1.165) is 4.90 Å². The third-order valence-corrected chi connectivity index (χ3v) is 8.47. The SMILES string of the molecule is CC(OC(C)(C)C)[C@H](NC(=O)CN1C[C@@H](c2ccc(C#N)cc2)[C@]2(C1)C(=O)N(c1cc(Cl)cc(Cl)c1)C(=O)N2C)C(=O)OC(C)(C)C. The lowest BCUT2D eigenvalue weighted by Crippen LogP contribution is -2.55. The molecule has 2 heterocycles. The van der Waals surface area contributed by atoms with Crippen molar-refractivity contribution in [1.82, 2.24) is 15.1 Å². The van der Waals surface area contributed by atoms with E-state index in [2.05, 4.69) is 11.4 Å². The Bertz CT molecular complexity index is 1580. The average molecular weight is 687 g/mol. The minimum absolute atomic E-state index is 0.0160. The number of likely N-dealkylation sites (N-methyl/N-ethyl adjacent to an activating group) is 1. The van der Waals surface area contributed by atoms with Gasteiger partial charge in [-0.05, 0) is 84.4 Å². The summed E-state index contributed by atoms with van der Waals surface area (Å²) in [6.07, 6.45) is -0.719. The van der Waals surface area contributed by atoms with Crippen LogP contribution in [0.15, 0.2) is 42.5 Å². The van der Waals surface area contributed by atoms with Crippen molar-refractivity contribution in [3.8, 4) is 6.07 Å². The van der Waals surface area contributed by atoms with Crippen LogP contribution in [0.1, 0.15) is 65.5 Å². The van der Waals surface area contributed by atoms with Gasteiger partial charge in [0.15, 0.2) is 6.04 Å². The molecule has 1 unspecified atom stereocenters. The average Bonchev–Trinajstić information content (AvgIpc) is 3.40. The molecule has 252 valence electrons. The van der Waals surface area contributed by atoms with E-state index >= 15 is 0 Å². The summed E-state index contributed by atoms with van der Waals surface area (Å²) in [5.41, 5.74) is -1.43. The molecule has 0 aromatic heterocycles. The van der Waals surface area contributed by atoms with E-state index in [9.17, 15) is 24.4 Å². The number of carbonyl (C=O) groups excluding carboxylic acids is 4. The van der Waals surface area contributed by atoms with Gasteiger partial charge >= 0.3 is 12.0 Å². The highest BCUT2D eigenvalue weighted by molar-refractivity contribution is 6.35. The molecule has 4 amide bonds. The van der Waals surface area contributed by atoms with Crippen LogP contribution >= 0.6 is 23.2 Å². The van der Waals surface area contributed by atoms with Crippen LogP contribution in [0.2, 0.25) is 10.0 Å². The van der Waals surface area contributed by atoms with Crippen molar-refractivity contribution in [2.45, 2.75) is 83.3 Å². The Kier molecular flexibility index (Phi) is 10.3. The van der Waals surface area contributed by atoms with E-state index in [-0.39, 0.29) is 35.4 Å². The maximum Gasteiger partial charge on any atom is 0.332 e. The zero-order valence-electron chi connectivity index (χ0n) is 27.9. The van der Waals surface area contributed by atoms with Gasteiger partial charge in [-0.3, -0.25) is 14.5 Å². The molecule has 2 aliphatic heterocycles. The standard InChI is InChI=1S/C34H41Cl2N5O6/c1-20(46-32(2,3)4)28(29(43)47-33(5,6)7)38-27(42)18-40-17-26(22-11-9-21(16-37)10-12-22)34(19-40)30(44)41(31(45)39(34)8)25-14-23(35)13-24(36)15-25/h9-15,20,26,28H,17-19H2,1-8H3,(H,38,42)/t20?,26-,28-,34+/m0/s1. The zero-order valence-corrected chi connectivity index (χ0v) is 29.4. The Morgan fingerprint density at radius 1 is 1.04 bits per heavy atom. The molecule has 47 heavy (non-hydrogen) atoms. The number of imide groups is 1. The molecule has 1 spiro atoms. The van der Waals surface area contributed by atoms with Crippen molar-refractivity contribution in [2.24, 2.45) is 0 Å². The van der Waals surface area contributed by atoms with Gasteiger partial charge in [0.1, 0.15) is 11.1 Å². The predicted molar refractivity (Wildman–Crippen MR) is 178 cm³/mol. The summed E-state index contributed by atoms with van der Waals surface area (Å²) in [7, 11) is 1.55. The van der Waals surface area contributed by atoms with Gasteiger partial charge in [-0.1, -0.05) is 35.3 Å². The number of esters is 1. The van der Waals surface area contributed by atoms with Crippen LogP contribution in [0.25, 0.3) is 0 Å². The topological polar surface area (TPSA) is 132 Å². The quantitative estimate of drug-likeness (QED) is 0.299. The van der Waals surface area contributed by atoms with Crippen LogP contribution in [0.3, 0.4) is 0 Å². The second kappa shape index (κ2) is 13.4. The first-order chi connectivity index (χ1) is 21.8. The summed E-state index contributed by atoms with van der Waals surface area (Å²) in [4.78, 5) is 59.3. The number of likely N-dealkylation sites (tertiary alicyclic amines) is 1. The Hall–Kier alpha value is -3.69. The van der Waals surface area contributed by atoms with E-state index in [1.54, 1.807) is 63.9 Å². The minimum atomic E-state index is -1.41. The molecule has 0 saturated carbocycles. The van der Waals surface area contributed by atoms with Gasteiger partial charge in [-0.15, -0.1) is 0 Å². The first-order valence-electron chi connectivity index (χ1n) is 15.3. The van der Waals surface area contributed by atoms with Gasteiger partial charge in [-0.25, -0.2) is 14.5 Å². The molecule has 2 fully saturated rings. The molecule has 4 atom stereocenters. The fourth-order valence-corrected chi connectivity index (χ4v) is 6.71.